The van der Waals surface area contributed by atoms with Gasteiger partial charge in [-0.1, -0.05) is 0 Å². The lowest BCUT2D eigenvalue weighted by Gasteiger charge is -2.31. The molecule has 0 aliphatic heterocycles. The highest BCUT2D eigenvalue weighted by atomic mass is 15.1. The molecule has 0 rings (SSSR count). The molecule has 15 heavy (non-hydrogen) atoms. The smallest absolute Gasteiger partial charge is 0.0578 e. The van der Waals surface area contributed by atoms with E-state index in [1.54, 1.807) is 0 Å². The number of hydrogen-bond donors (Lipinski definition) is 4. The van der Waals surface area contributed by atoms with E-state index in [0.717, 1.165) is 0 Å². The Kier molecular flexibility index (Phi) is 5.20. The molecule has 0 aromatic rings. The molecule has 0 aliphatic carbocycles. The molecule has 0 radical (unpaired) electrons. The van der Waals surface area contributed by atoms with Gasteiger partial charge in [0.25, 0.3) is 0 Å². The van der Waals surface area contributed by atoms with Gasteiger partial charge in [0.05, 0.1) is 12.3 Å². The van der Waals surface area contributed by atoms with Crippen LogP contribution in [0, 0.1) is 0 Å². The molecule has 0 aliphatic rings. The molecule has 0 aromatic carbocycles. The molecular formula is C11H28N4. The minimum atomic E-state index is -0.0742. The molecular weight excluding hydrogens is 188 g/mol. The molecule has 2 atom stereocenters. The third-order valence-electron chi connectivity index (χ3n) is 1.74. The fraction of sp³-hybridized carbons (Fsp3) is 1.00. The molecule has 92 valence electrons. The van der Waals surface area contributed by atoms with Gasteiger partial charge in [-0.05, 0) is 41.5 Å². The van der Waals surface area contributed by atoms with E-state index in [4.69, 9.17) is 11.5 Å². The van der Waals surface area contributed by atoms with Crippen LogP contribution in [0.1, 0.15) is 48.0 Å². The molecule has 4 nitrogen and oxygen atoms in total. The predicted octanol–water partition coefficient (Wildman–Crippen LogP) is 0.722. The lowest BCUT2D eigenvalue weighted by molar-refractivity contribution is 0.290. The summed E-state index contributed by atoms with van der Waals surface area (Å²) in [6, 6.07) is 0. The van der Waals surface area contributed by atoms with E-state index in [9.17, 15) is 0 Å². The van der Waals surface area contributed by atoms with Crippen LogP contribution in [-0.2, 0) is 0 Å². The molecule has 0 bridgehead atoms. The average Bonchev–Trinajstić information content (AvgIpc) is 1.73. The lowest BCUT2D eigenvalue weighted by atomic mass is 10.1. The second-order valence-corrected chi connectivity index (χ2v) is 6.24. The first kappa shape index (κ1) is 14.8. The molecule has 0 amide bonds. The van der Waals surface area contributed by atoms with Crippen molar-refractivity contribution < 1.29 is 0 Å². The maximum Gasteiger partial charge on any atom is 0.0578 e. The zero-order chi connectivity index (χ0) is 12.3. The number of hydrogen-bond acceptors (Lipinski definition) is 4. The average molecular weight is 216 g/mol. The monoisotopic (exact) mass is 216 g/mol. The maximum atomic E-state index is 5.95. The van der Waals surface area contributed by atoms with Crippen LogP contribution in [0.5, 0.6) is 0 Å². The highest BCUT2D eigenvalue weighted by Crippen LogP contribution is 2.04. The van der Waals surface area contributed by atoms with Crippen molar-refractivity contribution in [3.05, 3.63) is 0 Å². The Bertz CT molecular complexity index is 158. The fourth-order valence-corrected chi connectivity index (χ4v) is 1.50. The van der Waals surface area contributed by atoms with Crippen LogP contribution in [0.15, 0.2) is 0 Å². The van der Waals surface area contributed by atoms with Gasteiger partial charge in [-0.3, -0.25) is 10.6 Å². The van der Waals surface area contributed by atoms with Crippen LogP contribution in [0.25, 0.3) is 0 Å². The third-order valence-corrected chi connectivity index (χ3v) is 1.74. The first-order valence-corrected chi connectivity index (χ1v) is 5.56. The summed E-state index contributed by atoms with van der Waals surface area (Å²) < 4.78 is 0. The Balaban J connectivity index is 3.92. The molecule has 0 fully saturated rings. The van der Waals surface area contributed by atoms with Crippen molar-refractivity contribution in [2.75, 3.05) is 0 Å². The molecule has 4 heteroatoms. The summed E-state index contributed by atoms with van der Waals surface area (Å²) in [5, 5.41) is 6.59. The van der Waals surface area contributed by atoms with E-state index >= 15 is 0 Å². The quantitative estimate of drug-likeness (QED) is 0.522. The van der Waals surface area contributed by atoms with Gasteiger partial charge in [0, 0.05) is 17.5 Å². The first-order chi connectivity index (χ1) is 6.49. The van der Waals surface area contributed by atoms with Crippen molar-refractivity contribution in [2.24, 2.45) is 11.5 Å². The van der Waals surface area contributed by atoms with Gasteiger partial charge in [-0.15, -0.1) is 0 Å². The lowest BCUT2D eigenvalue weighted by Crippen LogP contribution is -2.55. The fourth-order valence-electron chi connectivity index (χ4n) is 1.50. The standard InChI is InChI=1S/C11H28N4/c1-10(2,3)14-8(12)7-9(13)15-11(4,5)6/h8-9,14-15H,7,12-13H2,1-6H3. The Hall–Kier alpha value is -0.160. The summed E-state index contributed by atoms with van der Waals surface area (Å²) in [6.07, 6.45) is 0.568. The molecule has 0 saturated heterocycles. The highest BCUT2D eigenvalue weighted by Gasteiger charge is 2.19. The van der Waals surface area contributed by atoms with Crippen molar-refractivity contribution >= 4 is 0 Å². The summed E-state index contributed by atoms with van der Waals surface area (Å²) in [5.74, 6) is 0. The Morgan fingerprint density at radius 1 is 0.800 bits per heavy atom. The van der Waals surface area contributed by atoms with Crippen molar-refractivity contribution in [2.45, 2.75) is 71.4 Å². The largest absolute Gasteiger partial charge is 0.316 e. The van der Waals surface area contributed by atoms with Gasteiger partial charge in [-0.2, -0.15) is 0 Å². The van der Waals surface area contributed by atoms with Crippen LogP contribution < -0.4 is 22.1 Å². The number of nitrogens with one attached hydrogen (secondary N) is 2. The van der Waals surface area contributed by atoms with E-state index in [2.05, 4.69) is 52.2 Å². The Morgan fingerprint density at radius 3 is 1.27 bits per heavy atom. The molecule has 0 spiro atoms. The second kappa shape index (κ2) is 5.25. The van der Waals surface area contributed by atoms with Crippen LogP contribution >= 0.6 is 0 Å². The van der Waals surface area contributed by atoms with Crippen molar-refractivity contribution in [1.82, 2.24) is 10.6 Å². The van der Waals surface area contributed by atoms with E-state index in [-0.39, 0.29) is 23.4 Å². The molecule has 2 unspecified atom stereocenters. The number of rotatable bonds is 4. The van der Waals surface area contributed by atoms with Gasteiger partial charge < -0.3 is 11.5 Å². The Labute approximate surface area is 94.2 Å². The van der Waals surface area contributed by atoms with Crippen molar-refractivity contribution in [3.8, 4) is 0 Å². The van der Waals surface area contributed by atoms with Gasteiger partial charge in [0.2, 0.25) is 0 Å². The van der Waals surface area contributed by atoms with Crippen molar-refractivity contribution in [3.63, 3.8) is 0 Å². The zero-order valence-corrected chi connectivity index (χ0v) is 11.0. The zero-order valence-electron chi connectivity index (χ0n) is 11.0. The molecule has 0 heterocycles. The van der Waals surface area contributed by atoms with Crippen LogP contribution in [0.3, 0.4) is 0 Å². The third kappa shape index (κ3) is 10.1. The second-order valence-electron chi connectivity index (χ2n) is 6.24. The van der Waals surface area contributed by atoms with Crippen LogP contribution in [-0.4, -0.2) is 23.4 Å². The molecule has 6 N–H and O–H groups in total. The van der Waals surface area contributed by atoms with E-state index in [1.165, 1.54) is 0 Å². The summed E-state index contributed by atoms with van der Waals surface area (Å²) >= 11 is 0. The van der Waals surface area contributed by atoms with Gasteiger partial charge in [0.1, 0.15) is 0 Å². The first-order valence-electron chi connectivity index (χ1n) is 5.56. The van der Waals surface area contributed by atoms with E-state index < -0.39 is 0 Å². The number of nitrogens with two attached hydrogens (primary N) is 2. The highest BCUT2D eigenvalue weighted by molar-refractivity contribution is 4.80. The summed E-state index contributed by atoms with van der Waals surface area (Å²) in [5.41, 5.74) is 12.0. The van der Waals surface area contributed by atoms with Crippen LogP contribution in [0.4, 0.5) is 0 Å². The Morgan fingerprint density at radius 2 is 1.07 bits per heavy atom. The summed E-state index contributed by atoms with van der Waals surface area (Å²) in [4.78, 5) is 0. The minimum Gasteiger partial charge on any atom is -0.316 e. The SMILES string of the molecule is CC(C)(C)NC(N)CC(N)NC(C)(C)C. The summed E-state index contributed by atoms with van der Waals surface area (Å²) in [6.45, 7) is 12.6. The summed E-state index contributed by atoms with van der Waals surface area (Å²) in [7, 11) is 0. The molecule has 0 saturated carbocycles. The van der Waals surface area contributed by atoms with Crippen molar-refractivity contribution in [1.29, 1.82) is 0 Å². The predicted molar refractivity (Wildman–Crippen MR) is 66.3 cm³/mol. The normalized spacial score (nSPS) is 17.6. The topological polar surface area (TPSA) is 76.1 Å². The van der Waals surface area contributed by atoms with Gasteiger partial charge in [-0.25, -0.2) is 0 Å². The van der Waals surface area contributed by atoms with E-state index in [1.807, 2.05) is 0 Å². The van der Waals surface area contributed by atoms with Gasteiger partial charge in [0.15, 0.2) is 0 Å². The minimum absolute atomic E-state index is 0.0286. The van der Waals surface area contributed by atoms with E-state index in [0.29, 0.717) is 6.42 Å². The maximum absolute atomic E-state index is 5.95. The van der Waals surface area contributed by atoms with Gasteiger partial charge >= 0.3 is 0 Å². The van der Waals surface area contributed by atoms with Crippen LogP contribution in [0.2, 0.25) is 0 Å². The molecule has 0 aromatic heterocycles.